The van der Waals surface area contributed by atoms with Crippen molar-refractivity contribution < 1.29 is 19.1 Å². The molecule has 0 bridgehead atoms. The van der Waals surface area contributed by atoms with Crippen LogP contribution in [0.5, 0.6) is 0 Å². The second-order valence-electron chi connectivity index (χ2n) is 4.66. The van der Waals surface area contributed by atoms with E-state index in [0.29, 0.717) is 37.7 Å². The van der Waals surface area contributed by atoms with Crippen LogP contribution >= 0.6 is 0 Å². The van der Waals surface area contributed by atoms with Crippen molar-refractivity contribution in [1.29, 1.82) is 0 Å². The van der Waals surface area contributed by atoms with Crippen molar-refractivity contribution in [3.63, 3.8) is 0 Å². The summed E-state index contributed by atoms with van der Waals surface area (Å²) < 4.78 is 10.7. The molecule has 1 aliphatic heterocycles. The quantitative estimate of drug-likeness (QED) is 0.477. The molecule has 0 radical (unpaired) electrons. The van der Waals surface area contributed by atoms with Gasteiger partial charge in [-0.05, 0) is 44.1 Å². The number of rotatable bonds is 5. The fourth-order valence-corrected chi connectivity index (χ4v) is 2.30. The normalized spacial score (nSPS) is 24.1. The molecule has 2 rings (SSSR count). The third-order valence-corrected chi connectivity index (χ3v) is 3.37. The smallest absolute Gasteiger partial charge is 0.354 e. The zero-order valence-corrected chi connectivity index (χ0v) is 12.6. The first kappa shape index (κ1) is 16.7. The standard InChI is InChI=1S/C13H19NO4.C2H6/c1-2-17-13(16)12(14-8-15)10-5-6-18-11(7-10)9-3-4-9;1-2/h8-9,11H,2-7H2,1H3,(H,14,15);1-2H3/b12-10-;. The van der Waals surface area contributed by atoms with E-state index in [2.05, 4.69) is 5.32 Å². The van der Waals surface area contributed by atoms with Gasteiger partial charge in [-0.15, -0.1) is 0 Å². The summed E-state index contributed by atoms with van der Waals surface area (Å²) in [6, 6.07) is 0. The third-order valence-electron chi connectivity index (χ3n) is 3.37. The van der Waals surface area contributed by atoms with Crippen LogP contribution in [0.25, 0.3) is 0 Å². The number of hydrogen-bond acceptors (Lipinski definition) is 4. The summed E-state index contributed by atoms with van der Waals surface area (Å²) in [6.07, 6.45) is 4.53. The SMILES string of the molecule is CC.CCOC(=O)/C(NC=O)=C1\CCOC(C2CC2)C1. The van der Waals surface area contributed by atoms with Crippen molar-refractivity contribution in [2.24, 2.45) is 5.92 Å². The van der Waals surface area contributed by atoms with E-state index >= 15 is 0 Å². The Morgan fingerprint density at radius 1 is 1.45 bits per heavy atom. The Labute approximate surface area is 120 Å². The molecule has 0 aromatic carbocycles. The van der Waals surface area contributed by atoms with Gasteiger partial charge in [0.1, 0.15) is 5.70 Å². The van der Waals surface area contributed by atoms with Crippen molar-refractivity contribution in [1.82, 2.24) is 5.32 Å². The molecule has 1 saturated heterocycles. The zero-order chi connectivity index (χ0) is 15.0. The summed E-state index contributed by atoms with van der Waals surface area (Å²) in [5.74, 6) is 0.177. The molecule has 1 amide bonds. The first-order valence-electron chi connectivity index (χ1n) is 7.47. The van der Waals surface area contributed by atoms with Gasteiger partial charge in [0.25, 0.3) is 0 Å². The van der Waals surface area contributed by atoms with Crippen LogP contribution in [0.3, 0.4) is 0 Å². The third kappa shape index (κ3) is 4.63. The van der Waals surface area contributed by atoms with Gasteiger partial charge >= 0.3 is 5.97 Å². The lowest BCUT2D eigenvalue weighted by atomic mass is 9.97. The Hall–Kier alpha value is -1.36. The highest BCUT2D eigenvalue weighted by Crippen LogP contribution is 2.39. The molecule has 20 heavy (non-hydrogen) atoms. The summed E-state index contributed by atoms with van der Waals surface area (Å²) >= 11 is 0. The average molecular weight is 283 g/mol. The van der Waals surface area contributed by atoms with Gasteiger partial charge in [-0.1, -0.05) is 13.8 Å². The van der Waals surface area contributed by atoms with Crippen molar-refractivity contribution in [3.05, 3.63) is 11.3 Å². The van der Waals surface area contributed by atoms with Crippen molar-refractivity contribution in [2.45, 2.75) is 52.6 Å². The van der Waals surface area contributed by atoms with E-state index in [4.69, 9.17) is 9.47 Å². The number of nitrogens with one attached hydrogen (secondary N) is 1. The molecule has 2 fully saturated rings. The first-order valence-corrected chi connectivity index (χ1v) is 7.47. The number of carbonyl (C=O) groups excluding carboxylic acids is 2. The van der Waals surface area contributed by atoms with Crippen molar-refractivity contribution in [2.75, 3.05) is 13.2 Å². The Morgan fingerprint density at radius 2 is 2.15 bits per heavy atom. The molecular weight excluding hydrogens is 258 g/mol. The Bertz CT molecular complexity index is 361. The van der Waals surface area contributed by atoms with E-state index in [1.807, 2.05) is 13.8 Å². The molecule has 1 heterocycles. The fourth-order valence-electron chi connectivity index (χ4n) is 2.30. The summed E-state index contributed by atoms with van der Waals surface area (Å²) in [5.41, 5.74) is 1.25. The highest BCUT2D eigenvalue weighted by atomic mass is 16.5. The van der Waals surface area contributed by atoms with Crippen LogP contribution in [0.1, 0.15) is 46.5 Å². The highest BCUT2D eigenvalue weighted by molar-refractivity contribution is 5.91. The molecule has 1 N–H and O–H groups in total. The van der Waals surface area contributed by atoms with Gasteiger partial charge < -0.3 is 14.8 Å². The van der Waals surface area contributed by atoms with Gasteiger partial charge in [-0.3, -0.25) is 4.79 Å². The van der Waals surface area contributed by atoms with Crippen LogP contribution in [0.2, 0.25) is 0 Å². The summed E-state index contributed by atoms with van der Waals surface area (Å²) in [5, 5.41) is 2.49. The number of ether oxygens (including phenoxy) is 2. The minimum absolute atomic E-state index is 0.201. The van der Waals surface area contributed by atoms with Crippen LogP contribution in [0.15, 0.2) is 11.3 Å². The molecule has 2 aliphatic rings. The minimum Gasteiger partial charge on any atom is -0.461 e. The second kappa shape index (κ2) is 8.74. The molecule has 5 nitrogen and oxygen atoms in total. The van der Waals surface area contributed by atoms with Crippen LogP contribution < -0.4 is 5.32 Å². The van der Waals surface area contributed by atoms with E-state index in [9.17, 15) is 9.59 Å². The molecule has 1 unspecified atom stereocenters. The Balaban J connectivity index is 0.000000956. The topological polar surface area (TPSA) is 64.6 Å². The molecule has 0 spiro atoms. The highest BCUT2D eigenvalue weighted by Gasteiger charge is 2.35. The number of carbonyl (C=O) groups is 2. The monoisotopic (exact) mass is 283 g/mol. The van der Waals surface area contributed by atoms with Gasteiger partial charge in [-0.25, -0.2) is 4.79 Å². The maximum absolute atomic E-state index is 11.8. The van der Waals surface area contributed by atoms with Crippen LogP contribution in [0, 0.1) is 5.92 Å². The minimum atomic E-state index is -0.448. The maximum atomic E-state index is 11.8. The van der Waals surface area contributed by atoms with E-state index in [-0.39, 0.29) is 6.10 Å². The van der Waals surface area contributed by atoms with E-state index < -0.39 is 5.97 Å². The zero-order valence-electron chi connectivity index (χ0n) is 12.6. The Morgan fingerprint density at radius 3 is 2.70 bits per heavy atom. The lowest BCUT2D eigenvalue weighted by Gasteiger charge is -2.26. The molecule has 114 valence electrons. The molecule has 5 heteroatoms. The first-order chi connectivity index (χ1) is 9.76. The van der Waals surface area contributed by atoms with Crippen LogP contribution in [-0.2, 0) is 19.1 Å². The predicted molar refractivity (Wildman–Crippen MR) is 75.9 cm³/mol. The van der Waals surface area contributed by atoms with Gasteiger partial charge in [0.2, 0.25) is 6.41 Å². The molecule has 0 aromatic rings. The Kier molecular flexibility index (Phi) is 7.30. The average Bonchev–Trinajstić information content (AvgIpc) is 3.32. The van der Waals surface area contributed by atoms with Crippen LogP contribution in [-0.4, -0.2) is 31.7 Å². The summed E-state index contributed by atoms with van der Waals surface area (Å²) in [7, 11) is 0. The van der Waals surface area contributed by atoms with Gasteiger partial charge in [0, 0.05) is 0 Å². The van der Waals surface area contributed by atoms with Gasteiger partial charge in [-0.2, -0.15) is 0 Å². The molecule has 1 atom stereocenters. The van der Waals surface area contributed by atoms with E-state index in [1.165, 1.54) is 12.8 Å². The lowest BCUT2D eigenvalue weighted by molar-refractivity contribution is -0.139. The number of esters is 1. The van der Waals surface area contributed by atoms with E-state index in [0.717, 1.165) is 12.0 Å². The molecule has 1 saturated carbocycles. The number of hydrogen-bond donors (Lipinski definition) is 1. The molecular formula is C15H25NO4. The van der Waals surface area contributed by atoms with Gasteiger partial charge in [0.15, 0.2) is 0 Å². The number of amides is 1. The molecule has 1 aliphatic carbocycles. The fraction of sp³-hybridized carbons (Fsp3) is 0.733. The summed E-state index contributed by atoms with van der Waals surface area (Å²) in [4.78, 5) is 22.4. The summed E-state index contributed by atoms with van der Waals surface area (Å²) in [6.45, 7) is 6.66. The van der Waals surface area contributed by atoms with E-state index in [1.54, 1.807) is 6.92 Å². The predicted octanol–water partition coefficient (Wildman–Crippen LogP) is 2.16. The van der Waals surface area contributed by atoms with Gasteiger partial charge in [0.05, 0.1) is 19.3 Å². The maximum Gasteiger partial charge on any atom is 0.354 e. The second-order valence-corrected chi connectivity index (χ2v) is 4.66. The molecule has 0 aromatic heterocycles. The van der Waals surface area contributed by atoms with Crippen molar-refractivity contribution >= 4 is 12.4 Å². The van der Waals surface area contributed by atoms with Crippen molar-refractivity contribution in [3.8, 4) is 0 Å². The van der Waals surface area contributed by atoms with Crippen LogP contribution in [0.4, 0.5) is 0 Å². The lowest BCUT2D eigenvalue weighted by Crippen LogP contribution is -2.29. The largest absolute Gasteiger partial charge is 0.461 e.